The Hall–Kier alpha value is -0.720. The molecule has 1 aromatic carbocycles. The van der Waals surface area contributed by atoms with Crippen LogP contribution in [0.3, 0.4) is 0 Å². The highest BCUT2D eigenvalue weighted by Gasteiger charge is 2.19. The molecule has 1 atom stereocenters. The number of aliphatic hydroxyl groups excluding tert-OH is 1. The third-order valence-corrected chi connectivity index (χ3v) is 4.57. The van der Waals surface area contributed by atoms with Crippen molar-refractivity contribution >= 4 is 27.5 Å². The molecule has 0 fully saturated rings. The Morgan fingerprint density at radius 2 is 2.19 bits per heavy atom. The maximum Gasteiger partial charge on any atom is 0.237 e. The average Bonchev–Trinajstić information content (AvgIpc) is 2.27. The van der Waals surface area contributed by atoms with Gasteiger partial charge in [-0.2, -0.15) is 0 Å². The molecule has 1 rings (SSSR count). The summed E-state index contributed by atoms with van der Waals surface area (Å²) in [5.41, 5.74) is 0.521. The lowest BCUT2D eigenvalue weighted by molar-refractivity contribution is 0.296. The van der Waals surface area contributed by atoms with E-state index in [1.54, 1.807) is 18.2 Å². The Bertz CT molecular complexity index is 445. The van der Waals surface area contributed by atoms with Gasteiger partial charge in [-0.3, -0.25) is 4.72 Å². The van der Waals surface area contributed by atoms with Gasteiger partial charge in [0, 0.05) is 10.6 Å². The van der Waals surface area contributed by atoms with E-state index < -0.39 is 21.9 Å². The first kappa shape index (κ1) is 13.3. The van der Waals surface area contributed by atoms with Gasteiger partial charge in [0.1, 0.15) is 5.25 Å². The fraction of sp³-hybridized carbons (Fsp3) is 0.400. The molecule has 2 N–H and O–H groups in total. The largest absolute Gasteiger partial charge is 0.395 e. The van der Waals surface area contributed by atoms with Gasteiger partial charge in [0.25, 0.3) is 0 Å². The minimum Gasteiger partial charge on any atom is -0.395 e. The SMILES string of the molecule is CSc1cccc(NS(=O)(=O)C(C)CO)c1. The van der Waals surface area contributed by atoms with Crippen molar-refractivity contribution in [2.24, 2.45) is 0 Å². The number of aliphatic hydroxyl groups is 1. The van der Waals surface area contributed by atoms with Crippen LogP contribution in [0.2, 0.25) is 0 Å². The average molecular weight is 261 g/mol. The van der Waals surface area contributed by atoms with Crippen molar-refractivity contribution in [3.63, 3.8) is 0 Å². The molecule has 0 aromatic heterocycles. The van der Waals surface area contributed by atoms with Gasteiger partial charge in [0.2, 0.25) is 10.0 Å². The van der Waals surface area contributed by atoms with Crippen molar-refractivity contribution < 1.29 is 13.5 Å². The Morgan fingerprint density at radius 3 is 2.75 bits per heavy atom. The first-order valence-corrected chi connectivity index (χ1v) is 7.53. The Kier molecular flexibility index (Phi) is 4.64. The topological polar surface area (TPSA) is 66.4 Å². The monoisotopic (exact) mass is 261 g/mol. The summed E-state index contributed by atoms with van der Waals surface area (Å²) in [4.78, 5) is 0.983. The van der Waals surface area contributed by atoms with Gasteiger partial charge < -0.3 is 5.11 Å². The van der Waals surface area contributed by atoms with Crippen LogP contribution in [0.15, 0.2) is 29.2 Å². The minimum atomic E-state index is -3.50. The fourth-order valence-corrected chi connectivity index (χ4v) is 2.36. The first-order chi connectivity index (χ1) is 7.49. The zero-order chi connectivity index (χ0) is 12.2. The van der Waals surface area contributed by atoms with Gasteiger partial charge in [-0.25, -0.2) is 8.42 Å². The number of thioether (sulfide) groups is 1. The summed E-state index contributed by atoms with van der Waals surface area (Å²) in [7, 11) is -3.50. The molecular formula is C10H15NO3S2. The first-order valence-electron chi connectivity index (χ1n) is 4.76. The van der Waals surface area contributed by atoms with Crippen molar-refractivity contribution in [2.75, 3.05) is 17.6 Å². The Labute approximate surface area is 100 Å². The van der Waals surface area contributed by atoms with E-state index >= 15 is 0 Å². The zero-order valence-electron chi connectivity index (χ0n) is 9.17. The van der Waals surface area contributed by atoms with Crippen molar-refractivity contribution in [3.8, 4) is 0 Å². The van der Waals surface area contributed by atoms with E-state index in [4.69, 9.17) is 5.11 Å². The van der Waals surface area contributed by atoms with Gasteiger partial charge in [0.05, 0.1) is 6.61 Å². The summed E-state index contributed by atoms with van der Waals surface area (Å²) in [6, 6.07) is 7.12. The highest BCUT2D eigenvalue weighted by Crippen LogP contribution is 2.20. The van der Waals surface area contributed by atoms with Crippen LogP contribution in [0.4, 0.5) is 5.69 Å². The van der Waals surface area contributed by atoms with E-state index in [2.05, 4.69) is 4.72 Å². The molecule has 0 heterocycles. The number of hydrogen-bond acceptors (Lipinski definition) is 4. The predicted octanol–water partition coefficient (Wildman–Crippen LogP) is 1.53. The molecule has 4 nitrogen and oxygen atoms in total. The second-order valence-corrected chi connectivity index (χ2v) is 6.35. The Morgan fingerprint density at radius 1 is 1.50 bits per heavy atom. The zero-order valence-corrected chi connectivity index (χ0v) is 10.8. The van der Waals surface area contributed by atoms with Gasteiger partial charge in [-0.05, 0) is 31.4 Å². The molecule has 0 amide bonds. The highest BCUT2D eigenvalue weighted by atomic mass is 32.2. The molecule has 0 bridgehead atoms. The van der Waals surface area contributed by atoms with E-state index in [9.17, 15) is 8.42 Å². The third-order valence-electron chi connectivity index (χ3n) is 2.12. The number of sulfonamides is 1. The quantitative estimate of drug-likeness (QED) is 0.789. The number of anilines is 1. The third kappa shape index (κ3) is 3.40. The molecule has 0 spiro atoms. The van der Waals surface area contributed by atoms with E-state index in [1.807, 2.05) is 12.3 Å². The van der Waals surface area contributed by atoms with Crippen LogP contribution in [0.1, 0.15) is 6.92 Å². The Balaban J connectivity index is 2.88. The molecule has 6 heteroatoms. The second-order valence-electron chi connectivity index (χ2n) is 3.37. The molecule has 0 aliphatic heterocycles. The van der Waals surface area contributed by atoms with Crippen LogP contribution in [0, 0.1) is 0 Å². The maximum absolute atomic E-state index is 11.7. The van der Waals surface area contributed by atoms with Crippen molar-refractivity contribution in [1.29, 1.82) is 0 Å². The highest BCUT2D eigenvalue weighted by molar-refractivity contribution is 7.98. The number of benzene rings is 1. The summed E-state index contributed by atoms with van der Waals surface area (Å²) >= 11 is 1.54. The summed E-state index contributed by atoms with van der Waals surface area (Å²) in [5.74, 6) is 0. The number of hydrogen-bond donors (Lipinski definition) is 2. The lowest BCUT2D eigenvalue weighted by atomic mass is 10.3. The molecule has 0 aliphatic rings. The molecule has 16 heavy (non-hydrogen) atoms. The lowest BCUT2D eigenvalue weighted by Crippen LogP contribution is -2.28. The molecule has 0 radical (unpaired) electrons. The van der Waals surface area contributed by atoms with Crippen LogP contribution in [-0.4, -0.2) is 31.6 Å². The van der Waals surface area contributed by atoms with Crippen LogP contribution in [0.5, 0.6) is 0 Å². The van der Waals surface area contributed by atoms with Gasteiger partial charge in [-0.1, -0.05) is 6.07 Å². The summed E-state index contributed by atoms with van der Waals surface area (Å²) in [6.07, 6.45) is 1.92. The van der Waals surface area contributed by atoms with Gasteiger partial charge in [-0.15, -0.1) is 11.8 Å². The summed E-state index contributed by atoms with van der Waals surface area (Å²) in [5, 5.41) is 8.01. The van der Waals surface area contributed by atoms with Crippen LogP contribution in [-0.2, 0) is 10.0 Å². The molecule has 1 unspecified atom stereocenters. The van der Waals surface area contributed by atoms with Crippen LogP contribution in [0.25, 0.3) is 0 Å². The smallest absolute Gasteiger partial charge is 0.237 e. The van der Waals surface area contributed by atoms with Crippen LogP contribution >= 0.6 is 11.8 Å². The normalized spacial score (nSPS) is 13.4. The molecule has 1 aromatic rings. The van der Waals surface area contributed by atoms with Crippen molar-refractivity contribution in [2.45, 2.75) is 17.1 Å². The fourth-order valence-electron chi connectivity index (χ4n) is 1.05. The predicted molar refractivity (Wildman–Crippen MR) is 67.3 cm³/mol. The molecule has 0 aliphatic carbocycles. The van der Waals surface area contributed by atoms with Gasteiger partial charge in [0.15, 0.2) is 0 Å². The van der Waals surface area contributed by atoms with E-state index in [-0.39, 0.29) is 0 Å². The standard InChI is InChI=1S/C10H15NO3S2/c1-8(7-12)16(13,14)11-9-4-3-5-10(6-9)15-2/h3-6,8,11-12H,7H2,1-2H3. The number of nitrogens with one attached hydrogen (secondary N) is 1. The van der Waals surface area contributed by atoms with E-state index in [1.165, 1.54) is 18.7 Å². The second kappa shape index (κ2) is 5.56. The van der Waals surface area contributed by atoms with Crippen molar-refractivity contribution in [3.05, 3.63) is 24.3 Å². The lowest BCUT2D eigenvalue weighted by Gasteiger charge is -2.12. The minimum absolute atomic E-state index is 0.391. The van der Waals surface area contributed by atoms with Crippen molar-refractivity contribution in [1.82, 2.24) is 0 Å². The molecule has 0 saturated heterocycles. The number of rotatable bonds is 5. The molecule has 0 saturated carbocycles. The van der Waals surface area contributed by atoms with E-state index in [0.717, 1.165) is 4.90 Å². The summed E-state index contributed by atoms with van der Waals surface area (Å²) < 4.78 is 25.7. The molecule has 90 valence electrons. The van der Waals surface area contributed by atoms with E-state index in [0.29, 0.717) is 5.69 Å². The van der Waals surface area contributed by atoms with Gasteiger partial charge >= 0.3 is 0 Å². The maximum atomic E-state index is 11.7. The molecular weight excluding hydrogens is 246 g/mol. The van der Waals surface area contributed by atoms with Crippen LogP contribution < -0.4 is 4.72 Å². The summed E-state index contributed by atoms with van der Waals surface area (Å²) in [6.45, 7) is 1.07.